The number of aromatic nitrogens is 2. The van der Waals surface area contributed by atoms with Gasteiger partial charge in [-0.05, 0) is 45.3 Å². The third kappa shape index (κ3) is 3.96. The molecule has 1 fully saturated rings. The first-order valence-electron chi connectivity index (χ1n) is 7.31. The summed E-state index contributed by atoms with van der Waals surface area (Å²) in [5.41, 5.74) is 6.06. The van der Waals surface area contributed by atoms with Gasteiger partial charge in [-0.15, -0.1) is 0 Å². The van der Waals surface area contributed by atoms with Gasteiger partial charge in [0.25, 0.3) is 0 Å². The average Bonchev–Trinajstić information content (AvgIpc) is 2.40. The van der Waals surface area contributed by atoms with Gasteiger partial charge in [-0.1, -0.05) is 6.92 Å². The Morgan fingerprint density at radius 2 is 1.85 bits per heavy atom. The Labute approximate surface area is 121 Å². The van der Waals surface area contributed by atoms with Crippen LogP contribution in [0.4, 0.5) is 17.6 Å². The third-order valence-electron chi connectivity index (χ3n) is 3.99. The molecule has 0 spiro atoms. The first-order valence-corrected chi connectivity index (χ1v) is 7.31. The molecule has 20 heavy (non-hydrogen) atoms. The van der Waals surface area contributed by atoms with Gasteiger partial charge in [-0.3, -0.25) is 0 Å². The van der Waals surface area contributed by atoms with Crippen molar-refractivity contribution in [2.75, 3.05) is 49.6 Å². The molecule has 0 atom stereocenters. The molecule has 6 heteroatoms. The van der Waals surface area contributed by atoms with Crippen LogP contribution >= 0.6 is 0 Å². The maximum atomic E-state index is 5.74. The Kier molecular flexibility index (Phi) is 4.65. The number of anilines is 3. The maximum absolute atomic E-state index is 5.74. The first-order chi connectivity index (χ1) is 9.50. The fourth-order valence-corrected chi connectivity index (χ4v) is 2.47. The Hall–Kier alpha value is -1.56. The van der Waals surface area contributed by atoms with Crippen molar-refractivity contribution >= 4 is 17.6 Å². The predicted molar refractivity (Wildman–Crippen MR) is 83.9 cm³/mol. The van der Waals surface area contributed by atoms with Crippen molar-refractivity contribution in [1.29, 1.82) is 0 Å². The van der Waals surface area contributed by atoms with Crippen LogP contribution in [0.2, 0.25) is 0 Å². The summed E-state index contributed by atoms with van der Waals surface area (Å²) in [6, 6.07) is 1.91. The highest BCUT2D eigenvalue weighted by atomic mass is 15.1. The molecule has 1 aliphatic rings. The van der Waals surface area contributed by atoms with Crippen molar-refractivity contribution in [3.63, 3.8) is 0 Å². The second kappa shape index (κ2) is 6.26. The molecule has 2 heterocycles. The highest BCUT2D eigenvalue weighted by molar-refractivity contribution is 5.51. The molecule has 0 aromatic carbocycles. The topological polar surface area (TPSA) is 79.1 Å². The van der Waals surface area contributed by atoms with Crippen LogP contribution in [-0.4, -0.2) is 48.1 Å². The zero-order valence-corrected chi connectivity index (χ0v) is 12.7. The molecule has 0 bridgehead atoms. The zero-order valence-electron chi connectivity index (χ0n) is 12.7. The first kappa shape index (κ1) is 14.8. The lowest BCUT2D eigenvalue weighted by Crippen LogP contribution is -2.40. The Morgan fingerprint density at radius 1 is 1.25 bits per heavy atom. The smallest absolute Gasteiger partial charge is 0.223 e. The number of nitrogen functional groups attached to an aromatic ring is 1. The van der Waals surface area contributed by atoms with Gasteiger partial charge in [-0.2, -0.15) is 9.97 Å². The van der Waals surface area contributed by atoms with Gasteiger partial charge in [0.05, 0.1) is 0 Å². The molecule has 0 aliphatic carbocycles. The van der Waals surface area contributed by atoms with Gasteiger partial charge in [0.15, 0.2) is 0 Å². The summed E-state index contributed by atoms with van der Waals surface area (Å²) in [5, 5.41) is 6.58. The van der Waals surface area contributed by atoms with E-state index in [4.69, 9.17) is 5.73 Å². The van der Waals surface area contributed by atoms with Crippen molar-refractivity contribution in [3.8, 4) is 0 Å². The number of rotatable bonds is 5. The summed E-state index contributed by atoms with van der Waals surface area (Å²) in [6.45, 7) is 8.43. The summed E-state index contributed by atoms with van der Waals surface area (Å²) in [6.07, 6.45) is 2.41. The number of nitrogens with one attached hydrogen (secondary N) is 2. The number of hydrogen-bond acceptors (Lipinski definition) is 6. The van der Waals surface area contributed by atoms with Crippen LogP contribution < -0.4 is 16.4 Å². The van der Waals surface area contributed by atoms with Crippen LogP contribution in [0.1, 0.15) is 26.7 Å². The molecule has 112 valence electrons. The Balaban J connectivity index is 1.96. The monoisotopic (exact) mass is 278 g/mol. The lowest BCUT2D eigenvalue weighted by Gasteiger charge is -2.38. The minimum absolute atomic E-state index is 0.305. The van der Waals surface area contributed by atoms with E-state index in [1.165, 1.54) is 12.8 Å². The second-order valence-corrected chi connectivity index (χ2v) is 5.99. The van der Waals surface area contributed by atoms with E-state index in [0.29, 0.717) is 11.4 Å². The molecule has 2 rings (SSSR count). The normalized spacial score (nSPS) is 18.8. The van der Waals surface area contributed by atoms with Crippen LogP contribution in [-0.2, 0) is 0 Å². The predicted octanol–water partition coefficient (Wildman–Crippen LogP) is 1.63. The molecule has 0 amide bonds. The van der Waals surface area contributed by atoms with Crippen LogP contribution in [0.5, 0.6) is 0 Å². The molecule has 6 nitrogen and oxygen atoms in total. The van der Waals surface area contributed by atoms with Gasteiger partial charge in [-0.25, -0.2) is 0 Å². The summed E-state index contributed by atoms with van der Waals surface area (Å²) < 4.78 is 0. The number of nitrogens with two attached hydrogens (primary N) is 1. The minimum atomic E-state index is 0.305. The van der Waals surface area contributed by atoms with Crippen molar-refractivity contribution in [1.82, 2.24) is 14.9 Å². The standard InChI is InChI=1S/C14H26N6/c1-4-16-11-9-12(19-13(15)18-11)17-10-14(2)5-7-20(3)8-6-14/h9H,4-8,10H2,1-3H3,(H4,15,16,17,18,19). The van der Waals surface area contributed by atoms with Gasteiger partial charge in [0, 0.05) is 19.2 Å². The van der Waals surface area contributed by atoms with E-state index in [2.05, 4.69) is 39.5 Å². The van der Waals surface area contributed by atoms with Gasteiger partial charge in [0.2, 0.25) is 5.95 Å². The van der Waals surface area contributed by atoms with Crippen molar-refractivity contribution in [3.05, 3.63) is 6.07 Å². The molecule has 1 aromatic rings. The summed E-state index contributed by atoms with van der Waals surface area (Å²) in [7, 11) is 2.18. The molecule has 1 aliphatic heterocycles. The Bertz CT molecular complexity index is 439. The zero-order chi connectivity index (χ0) is 14.6. The number of nitrogens with zero attached hydrogens (tertiary/aromatic N) is 3. The lowest BCUT2D eigenvalue weighted by molar-refractivity contribution is 0.150. The van der Waals surface area contributed by atoms with E-state index < -0.39 is 0 Å². The largest absolute Gasteiger partial charge is 0.370 e. The fourth-order valence-electron chi connectivity index (χ4n) is 2.47. The van der Waals surface area contributed by atoms with Crippen LogP contribution in [0.15, 0.2) is 6.07 Å². The van der Waals surface area contributed by atoms with Crippen LogP contribution in [0.25, 0.3) is 0 Å². The van der Waals surface area contributed by atoms with E-state index in [0.717, 1.165) is 37.8 Å². The lowest BCUT2D eigenvalue weighted by atomic mass is 9.80. The molecule has 1 saturated heterocycles. The van der Waals surface area contributed by atoms with Crippen molar-refractivity contribution in [2.45, 2.75) is 26.7 Å². The van der Waals surface area contributed by atoms with E-state index in [1.807, 2.05) is 13.0 Å². The number of likely N-dealkylation sites (tertiary alicyclic amines) is 1. The number of hydrogen-bond donors (Lipinski definition) is 3. The van der Waals surface area contributed by atoms with E-state index >= 15 is 0 Å². The van der Waals surface area contributed by atoms with Crippen LogP contribution in [0, 0.1) is 5.41 Å². The molecular formula is C14H26N6. The van der Waals surface area contributed by atoms with E-state index in [9.17, 15) is 0 Å². The molecule has 0 radical (unpaired) electrons. The summed E-state index contributed by atoms with van der Waals surface area (Å²) in [5.74, 6) is 1.88. The highest BCUT2D eigenvalue weighted by Crippen LogP contribution is 2.30. The number of piperidine rings is 1. The molecular weight excluding hydrogens is 252 g/mol. The van der Waals surface area contributed by atoms with Crippen molar-refractivity contribution in [2.24, 2.45) is 5.41 Å². The maximum Gasteiger partial charge on any atom is 0.223 e. The molecule has 0 unspecified atom stereocenters. The SMILES string of the molecule is CCNc1cc(NCC2(C)CCN(C)CC2)nc(N)n1. The van der Waals surface area contributed by atoms with Gasteiger partial charge >= 0.3 is 0 Å². The van der Waals surface area contributed by atoms with Crippen LogP contribution in [0.3, 0.4) is 0 Å². The minimum Gasteiger partial charge on any atom is -0.370 e. The van der Waals surface area contributed by atoms with Gasteiger partial charge in [0.1, 0.15) is 11.6 Å². The second-order valence-electron chi connectivity index (χ2n) is 5.99. The van der Waals surface area contributed by atoms with E-state index in [-0.39, 0.29) is 0 Å². The fraction of sp³-hybridized carbons (Fsp3) is 0.714. The Morgan fingerprint density at radius 3 is 2.45 bits per heavy atom. The highest BCUT2D eigenvalue weighted by Gasteiger charge is 2.28. The quantitative estimate of drug-likeness (QED) is 0.760. The van der Waals surface area contributed by atoms with E-state index in [1.54, 1.807) is 0 Å². The molecule has 0 saturated carbocycles. The van der Waals surface area contributed by atoms with Crippen molar-refractivity contribution < 1.29 is 0 Å². The summed E-state index contributed by atoms with van der Waals surface area (Å²) >= 11 is 0. The molecule has 4 N–H and O–H groups in total. The molecule has 1 aromatic heterocycles. The average molecular weight is 278 g/mol. The third-order valence-corrected chi connectivity index (χ3v) is 3.99. The summed E-state index contributed by atoms with van der Waals surface area (Å²) in [4.78, 5) is 10.8. The van der Waals surface area contributed by atoms with Gasteiger partial charge < -0.3 is 21.3 Å².